The van der Waals surface area contributed by atoms with E-state index in [0.29, 0.717) is 6.42 Å². The first-order valence-corrected chi connectivity index (χ1v) is 9.81. The number of amides is 1. The predicted molar refractivity (Wildman–Crippen MR) is 106 cm³/mol. The number of carbonyl (C=O) groups excluding carboxylic acids is 1. The fourth-order valence-corrected chi connectivity index (χ4v) is 3.40. The Morgan fingerprint density at radius 2 is 1.93 bits per heavy atom. The summed E-state index contributed by atoms with van der Waals surface area (Å²) >= 11 is 0. The molecule has 2 aromatic rings. The summed E-state index contributed by atoms with van der Waals surface area (Å²) in [6, 6.07) is 10.4. The van der Waals surface area contributed by atoms with Crippen LogP contribution in [0.2, 0.25) is 0 Å². The smallest absolute Gasteiger partial charge is 0.220 e. The molecule has 146 valence electrons. The molecule has 0 atom stereocenters. The van der Waals surface area contributed by atoms with Crippen molar-refractivity contribution in [2.45, 2.75) is 33.1 Å². The Bertz CT molecular complexity index is 733. The SMILES string of the molecule is Cc1cc(C)n(-c2ccc(CCC(=O)NCCCN3CCOCC3)cc2)n1. The maximum atomic E-state index is 12.0. The molecule has 0 aliphatic carbocycles. The fourth-order valence-electron chi connectivity index (χ4n) is 3.40. The molecular formula is C21H30N4O2. The minimum atomic E-state index is 0.125. The molecule has 1 aliphatic heterocycles. The highest BCUT2D eigenvalue weighted by Crippen LogP contribution is 2.14. The molecule has 2 heterocycles. The maximum absolute atomic E-state index is 12.0. The Kier molecular flexibility index (Phi) is 7.01. The van der Waals surface area contributed by atoms with Crippen LogP contribution < -0.4 is 5.32 Å². The van der Waals surface area contributed by atoms with Crippen molar-refractivity contribution in [3.05, 3.63) is 47.3 Å². The van der Waals surface area contributed by atoms with Gasteiger partial charge in [0.25, 0.3) is 0 Å². The lowest BCUT2D eigenvalue weighted by Crippen LogP contribution is -2.38. The Morgan fingerprint density at radius 3 is 2.59 bits per heavy atom. The first-order valence-electron chi connectivity index (χ1n) is 9.81. The van der Waals surface area contributed by atoms with Crippen molar-refractivity contribution in [3.8, 4) is 5.69 Å². The van der Waals surface area contributed by atoms with Gasteiger partial charge >= 0.3 is 0 Å². The molecule has 1 amide bonds. The van der Waals surface area contributed by atoms with Gasteiger partial charge in [0.15, 0.2) is 0 Å². The molecule has 0 bridgehead atoms. The van der Waals surface area contributed by atoms with E-state index in [1.54, 1.807) is 0 Å². The quantitative estimate of drug-likeness (QED) is 0.724. The number of aromatic nitrogens is 2. The summed E-state index contributed by atoms with van der Waals surface area (Å²) in [5, 5.41) is 7.53. The van der Waals surface area contributed by atoms with Crippen molar-refractivity contribution in [2.75, 3.05) is 39.4 Å². The van der Waals surface area contributed by atoms with Crippen molar-refractivity contribution in [1.29, 1.82) is 0 Å². The lowest BCUT2D eigenvalue weighted by molar-refractivity contribution is -0.121. The van der Waals surface area contributed by atoms with Gasteiger partial charge in [-0.05, 0) is 57.0 Å². The van der Waals surface area contributed by atoms with Gasteiger partial charge in [-0.2, -0.15) is 5.10 Å². The predicted octanol–water partition coefficient (Wildman–Crippen LogP) is 2.26. The molecule has 0 radical (unpaired) electrons. The summed E-state index contributed by atoms with van der Waals surface area (Å²) < 4.78 is 7.29. The number of hydrogen-bond acceptors (Lipinski definition) is 4. The molecule has 1 aromatic heterocycles. The van der Waals surface area contributed by atoms with Crippen molar-refractivity contribution in [2.24, 2.45) is 0 Å². The minimum absolute atomic E-state index is 0.125. The molecule has 27 heavy (non-hydrogen) atoms. The molecule has 1 aromatic carbocycles. The van der Waals surface area contributed by atoms with Gasteiger partial charge in [-0.25, -0.2) is 4.68 Å². The zero-order chi connectivity index (χ0) is 19.1. The standard InChI is InChI=1S/C21H30N4O2/c1-17-16-18(2)25(23-17)20-7-4-19(5-8-20)6-9-21(26)22-10-3-11-24-12-14-27-15-13-24/h4-5,7-8,16H,3,6,9-15H2,1-2H3,(H,22,26). The number of aryl methyl sites for hydroxylation is 3. The third-order valence-electron chi connectivity index (χ3n) is 4.91. The Morgan fingerprint density at radius 1 is 1.19 bits per heavy atom. The van der Waals surface area contributed by atoms with Crippen LogP contribution in [-0.4, -0.2) is 60.0 Å². The van der Waals surface area contributed by atoms with Crippen LogP contribution in [0, 0.1) is 13.8 Å². The van der Waals surface area contributed by atoms with Crippen LogP contribution in [-0.2, 0) is 16.0 Å². The van der Waals surface area contributed by atoms with Gasteiger partial charge in [-0.3, -0.25) is 9.69 Å². The molecule has 6 nitrogen and oxygen atoms in total. The van der Waals surface area contributed by atoms with Crippen LogP contribution in [0.4, 0.5) is 0 Å². The number of nitrogens with zero attached hydrogens (tertiary/aromatic N) is 3. The normalized spacial score (nSPS) is 15.0. The van der Waals surface area contributed by atoms with Gasteiger partial charge in [0.1, 0.15) is 0 Å². The maximum Gasteiger partial charge on any atom is 0.220 e. The Labute approximate surface area is 161 Å². The summed E-state index contributed by atoms with van der Waals surface area (Å²) in [6.07, 6.45) is 2.27. The summed E-state index contributed by atoms with van der Waals surface area (Å²) in [6.45, 7) is 9.47. The Hall–Kier alpha value is -2.18. The van der Waals surface area contributed by atoms with Crippen molar-refractivity contribution in [1.82, 2.24) is 20.0 Å². The number of hydrogen-bond donors (Lipinski definition) is 1. The largest absolute Gasteiger partial charge is 0.379 e. The molecule has 1 N–H and O–H groups in total. The molecule has 3 rings (SSSR count). The first-order chi connectivity index (χ1) is 13.1. The molecule has 0 unspecified atom stereocenters. The van der Waals surface area contributed by atoms with Crippen LogP contribution in [0.5, 0.6) is 0 Å². The van der Waals surface area contributed by atoms with Crippen LogP contribution in [0.1, 0.15) is 29.8 Å². The van der Waals surface area contributed by atoms with Crippen molar-refractivity contribution in [3.63, 3.8) is 0 Å². The lowest BCUT2D eigenvalue weighted by Gasteiger charge is -2.26. The second-order valence-electron chi connectivity index (χ2n) is 7.16. The molecule has 6 heteroatoms. The van der Waals surface area contributed by atoms with Gasteiger partial charge in [0.2, 0.25) is 5.91 Å². The van der Waals surface area contributed by atoms with Gasteiger partial charge in [0.05, 0.1) is 24.6 Å². The monoisotopic (exact) mass is 370 g/mol. The van der Waals surface area contributed by atoms with E-state index in [9.17, 15) is 4.79 Å². The van der Waals surface area contributed by atoms with Crippen LogP contribution in [0.25, 0.3) is 5.69 Å². The van der Waals surface area contributed by atoms with Gasteiger partial charge in [-0.1, -0.05) is 12.1 Å². The highest BCUT2D eigenvalue weighted by atomic mass is 16.5. The molecule has 0 spiro atoms. The average Bonchev–Trinajstić information content (AvgIpc) is 3.03. The second-order valence-corrected chi connectivity index (χ2v) is 7.16. The number of nitrogens with one attached hydrogen (secondary N) is 1. The van der Waals surface area contributed by atoms with E-state index in [1.807, 2.05) is 11.6 Å². The molecule has 1 fully saturated rings. The number of rotatable bonds is 8. The lowest BCUT2D eigenvalue weighted by atomic mass is 10.1. The molecule has 1 aliphatic rings. The van der Waals surface area contributed by atoms with Gasteiger partial charge < -0.3 is 10.1 Å². The number of benzene rings is 1. The van der Waals surface area contributed by atoms with Gasteiger partial charge in [-0.15, -0.1) is 0 Å². The third kappa shape index (κ3) is 5.91. The van der Waals surface area contributed by atoms with Crippen LogP contribution in [0.15, 0.2) is 30.3 Å². The fraction of sp³-hybridized carbons (Fsp3) is 0.524. The van der Waals surface area contributed by atoms with Crippen molar-refractivity contribution < 1.29 is 9.53 Å². The minimum Gasteiger partial charge on any atom is -0.379 e. The summed E-state index contributed by atoms with van der Waals surface area (Å²) in [7, 11) is 0. The molecule has 1 saturated heterocycles. The van der Waals surface area contributed by atoms with E-state index in [1.165, 1.54) is 5.56 Å². The summed E-state index contributed by atoms with van der Waals surface area (Å²) in [5.41, 5.74) is 4.36. The van der Waals surface area contributed by atoms with Crippen LogP contribution in [0.3, 0.4) is 0 Å². The third-order valence-corrected chi connectivity index (χ3v) is 4.91. The first kappa shape index (κ1) is 19.6. The van der Waals surface area contributed by atoms with E-state index in [2.05, 4.69) is 52.6 Å². The van der Waals surface area contributed by atoms with E-state index >= 15 is 0 Å². The summed E-state index contributed by atoms with van der Waals surface area (Å²) in [5.74, 6) is 0.125. The van der Waals surface area contributed by atoms with Crippen molar-refractivity contribution >= 4 is 5.91 Å². The highest BCUT2D eigenvalue weighted by molar-refractivity contribution is 5.76. The second kappa shape index (κ2) is 9.67. The number of morpholine rings is 1. The van der Waals surface area contributed by atoms with E-state index < -0.39 is 0 Å². The highest BCUT2D eigenvalue weighted by Gasteiger charge is 2.10. The number of ether oxygens (including phenoxy) is 1. The topological polar surface area (TPSA) is 59.4 Å². The zero-order valence-electron chi connectivity index (χ0n) is 16.4. The number of carbonyl (C=O) groups is 1. The van der Waals surface area contributed by atoms with Crippen LogP contribution >= 0.6 is 0 Å². The average molecular weight is 370 g/mol. The van der Waals surface area contributed by atoms with E-state index in [4.69, 9.17) is 4.74 Å². The van der Waals surface area contributed by atoms with Gasteiger partial charge in [0, 0.05) is 31.7 Å². The van der Waals surface area contributed by atoms with E-state index in [0.717, 1.165) is 69.3 Å². The zero-order valence-corrected chi connectivity index (χ0v) is 16.4. The molecular weight excluding hydrogens is 340 g/mol. The molecule has 0 saturated carbocycles. The Balaban J connectivity index is 1.36. The summed E-state index contributed by atoms with van der Waals surface area (Å²) in [4.78, 5) is 14.4. The van der Waals surface area contributed by atoms with E-state index in [-0.39, 0.29) is 5.91 Å².